The van der Waals surface area contributed by atoms with Crippen molar-refractivity contribution in [3.8, 4) is 0 Å². The highest BCUT2D eigenvalue weighted by atomic mass is 16.5. The van der Waals surface area contributed by atoms with Crippen molar-refractivity contribution in [1.29, 1.82) is 0 Å². The quantitative estimate of drug-likeness (QED) is 0.724. The molecule has 0 spiro atoms. The second kappa shape index (κ2) is 4.40. The van der Waals surface area contributed by atoms with Gasteiger partial charge in [-0.05, 0) is 0 Å². The third kappa shape index (κ3) is 2.89. The first-order chi connectivity index (χ1) is 6.59. The van der Waals surface area contributed by atoms with Gasteiger partial charge in [-0.15, -0.1) is 0 Å². The predicted molar refractivity (Wildman–Crippen MR) is 43.7 cm³/mol. The number of hydrogen-bond acceptors (Lipinski definition) is 4. The van der Waals surface area contributed by atoms with Gasteiger partial charge < -0.3 is 14.7 Å². The number of hydrogen-bond donors (Lipinski definition) is 2. The van der Waals surface area contributed by atoms with Gasteiger partial charge in [-0.2, -0.15) is 0 Å². The largest absolute Gasteiger partial charge is 0.481 e. The zero-order valence-corrected chi connectivity index (χ0v) is 7.21. The fourth-order valence-electron chi connectivity index (χ4n) is 1.14. The van der Waals surface area contributed by atoms with Gasteiger partial charge in [0.05, 0.1) is 18.5 Å². The van der Waals surface area contributed by atoms with Gasteiger partial charge >= 0.3 is 11.9 Å². The molecule has 6 heteroatoms. The average Bonchev–Trinajstić information content (AvgIpc) is 2.52. The molecule has 14 heavy (non-hydrogen) atoms. The van der Waals surface area contributed by atoms with Gasteiger partial charge in [0.1, 0.15) is 6.26 Å². The number of carbonyl (C=O) groups is 2. The van der Waals surface area contributed by atoms with Crippen LogP contribution in [-0.4, -0.2) is 27.3 Å². The van der Waals surface area contributed by atoms with E-state index in [0.717, 1.165) is 0 Å². The van der Waals surface area contributed by atoms with E-state index < -0.39 is 17.9 Å². The molecule has 0 saturated heterocycles. The summed E-state index contributed by atoms with van der Waals surface area (Å²) in [6.07, 6.45) is 0.754. The summed E-state index contributed by atoms with van der Waals surface area (Å²) in [6, 6.07) is 1.47. The summed E-state index contributed by atoms with van der Waals surface area (Å²) >= 11 is 0. The van der Waals surface area contributed by atoms with Crippen LogP contribution in [0.3, 0.4) is 0 Å². The smallest absolute Gasteiger partial charge is 0.304 e. The molecular weight excluding hydrogens is 190 g/mol. The van der Waals surface area contributed by atoms with Gasteiger partial charge in [0.25, 0.3) is 0 Å². The van der Waals surface area contributed by atoms with Crippen LogP contribution in [-0.2, 0) is 9.59 Å². The van der Waals surface area contributed by atoms with Crippen molar-refractivity contribution in [3.05, 3.63) is 18.0 Å². The molecule has 0 unspecified atom stereocenters. The topological polar surface area (TPSA) is 101 Å². The Morgan fingerprint density at radius 3 is 2.29 bits per heavy atom. The van der Waals surface area contributed by atoms with E-state index in [1.165, 1.54) is 12.3 Å². The van der Waals surface area contributed by atoms with Crippen molar-refractivity contribution >= 4 is 11.9 Å². The van der Waals surface area contributed by atoms with Crippen molar-refractivity contribution < 1.29 is 24.3 Å². The summed E-state index contributed by atoms with van der Waals surface area (Å²) in [5, 5.41) is 20.6. The highest BCUT2D eigenvalue weighted by Gasteiger charge is 2.21. The molecule has 1 aromatic heterocycles. The number of aliphatic carboxylic acids is 2. The SMILES string of the molecule is O=C(O)CC(CC(=O)O)c1ccon1. The van der Waals surface area contributed by atoms with Gasteiger partial charge in [-0.25, -0.2) is 0 Å². The molecule has 0 aromatic carbocycles. The Hall–Kier alpha value is -1.85. The maximum Gasteiger partial charge on any atom is 0.304 e. The van der Waals surface area contributed by atoms with E-state index in [2.05, 4.69) is 9.68 Å². The lowest BCUT2D eigenvalue weighted by molar-refractivity contribution is -0.139. The lowest BCUT2D eigenvalue weighted by Crippen LogP contribution is -2.11. The van der Waals surface area contributed by atoms with Gasteiger partial charge in [0, 0.05) is 12.0 Å². The second-order valence-corrected chi connectivity index (χ2v) is 2.82. The maximum atomic E-state index is 10.4. The summed E-state index contributed by atoms with van der Waals surface area (Å²) in [6.45, 7) is 0. The van der Waals surface area contributed by atoms with Gasteiger partial charge in [-0.3, -0.25) is 9.59 Å². The molecule has 6 nitrogen and oxygen atoms in total. The van der Waals surface area contributed by atoms with Crippen molar-refractivity contribution in [2.45, 2.75) is 18.8 Å². The lowest BCUT2D eigenvalue weighted by Gasteiger charge is -2.07. The summed E-state index contributed by atoms with van der Waals surface area (Å²) in [5.41, 5.74) is 0.356. The van der Waals surface area contributed by atoms with E-state index in [1.807, 2.05) is 0 Å². The zero-order valence-electron chi connectivity index (χ0n) is 7.21. The van der Waals surface area contributed by atoms with Crippen molar-refractivity contribution in [1.82, 2.24) is 5.16 Å². The van der Waals surface area contributed by atoms with Crippen LogP contribution in [0.15, 0.2) is 16.9 Å². The molecule has 0 bridgehead atoms. The molecule has 1 heterocycles. The molecule has 0 aliphatic carbocycles. The molecular formula is C8H9NO5. The molecule has 0 saturated carbocycles. The van der Waals surface area contributed by atoms with E-state index in [-0.39, 0.29) is 12.8 Å². The summed E-state index contributed by atoms with van der Waals surface area (Å²) in [4.78, 5) is 20.9. The minimum atomic E-state index is -1.06. The van der Waals surface area contributed by atoms with E-state index in [0.29, 0.717) is 5.69 Å². The molecule has 0 aliphatic rings. The first kappa shape index (κ1) is 10.2. The fraction of sp³-hybridized carbons (Fsp3) is 0.375. The standard InChI is InChI=1S/C8H9NO5/c10-7(11)3-5(4-8(12)13)6-1-2-14-9-6/h1-2,5H,3-4H2,(H,10,11)(H,12,13). The van der Waals surface area contributed by atoms with Crippen LogP contribution in [0.4, 0.5) is 0 Å². The molecule has 2 N–H and O–H groups in total. The molecule has 1 aromatic rings. The molecule has 0 aliphatic heterocycles. The third-order valence-corrected chi connectivity index (χ3v) is 1.72. The Labute approximate surface area is 79.1 Å². The van der Waals surface area contributed by atoms with Crippen molar-refractivity contribution in [2.75, 3.05) is 0 Å². The van der Waals surface area contributed by atoms with E-state index in [1.54, 1.807) is 0 Å². The Bertz CT molecular complexity index is 302. The van der Waals surface area contributed by atoms with E-state index in [9.17, 15) is 9.59 Å². The first-order valence-electron chi connectivity index (χ1n) is 3.93. The predicted octanol–water partition coefficient (Wildman–Crippen LogP) is 0.708. The molecule has 0 fully saturated rings. The van der Waals surface area contributed by atoms with Gasteiger partial charge in [0.15, 0.2) is 0 Å². The molecule has 1 rings (SSSR count). The normalized spacial score (nSPS) is 10.4. The summed E-state index contributed by atoms with van der Waals surface area (Å²) in [7, 11) is 0. The van der Waals surface area contributed by atoms with E-state index in [4.69, 9.17) is 10.2 Å². The highest BCUT2D eigenvalue weighted by molar-refractivity contribution is 5.72. The Morgan fingerprint density at radius 2 is 1.93 bits per heavy atom. The van der Waals surface area contributed by atoms with Crippen LogP contribution >= 0.6 is 0 Å². The number of rotatable bonds is 5. The van der Waals surface area contributed by atoms with Crippen LogP contribution in [0.1, 0.15) is 24.5 Å². The minimum Gasteiger partial charge on any atom is -0.481 e. The lowest BCUT2D eigenvalue weighted by atomic mass is 9.98. The molecule has 0 radical (unpaired) electrons. The Balaban J connectivity index is 2.71. The number of aromatic nitrogens is 1. The van der Waals surface area contributed by atoms with Crippen LogP contribution in [0.2, 0.25) is 0 Å². The highest BCUT2D eigenvalue weighted by Crippen LogP contribution is 2.21. The summed E-state index contributed by atoms with van der Waals surface area (Å²) in [5.74, 6) is -2.75. The second-order valence-electron chi connectivity index (χ2n) is 2.82. The van der Waals surface area contributed by atoms with Crippen LogP contribution in [0, 0.1) is 0 Å². The Kier molecular flexibility index (Phi) is 3.22. The maximum absolute atomic E-state index is 10.4. The zero-order chi connectivity index (χ0) is 10.6. The van der Waals surface area contributed by atoms with Crippen molar-refractivity contribution in [3.63, 3.8) is 0 Å². The van der Waals surface area contributed by atoms with E-state index >= 15 is 0 Å². The number of carboxylic acids is 2. The molecule has 0 amide bonds. The van der Waals surface area contributed by atoms with Crippen molar-refractivity contribution in [2.24, 2.45) is 0 Å². The fourth-order valence-corrected chi connectivity index (χ4v) is 1.14. The molecule has 0 atom stereocenters. The number of nitrogens with zero attached hydrogens (tertiary/aromatic N) is 1. The van der Waals surface area contributed by atoms with Gasteiger partial charge in [-0.1, -0.05) is 5.16 Å². The van der Waals surface area contributed by atoms with Gasteiger partial charge in [0.2, 0.25) is 0 Å². The monoisotopic (exact) mass is 199 g/mol. The minimum absolute atomic E-state index is 0.265. The average molecular weight is 199 g/mol. The Morgan fingerprint density at radius 1 is 1.36 bits per heavy atom. The third-order valence-electron chi connectivity index (χ3n) is 1.72. The number of carboxylic acid groups (broad SMARTS) is 2. The first-order valence-corrected chi connectivity index (χ1v) is 3.93. The van der Waals surface area contributed by atoms with Crippen LogP contribution in [0.5, 0.6) is 0 Å². The van der Waals surface area contributed by atoms with Crippen LogP contribution in [0.25, 0.3) is 0 Å². The summed E-state index contributed by atoms with van der Waals surface area (Å²) < 4.78 is 4.52. The molecule has 76 valence electrons. The van der Waals surface area contributed by atoms with Crippen LogP contribution < -0.4 is 0 Å².